The third kappa shape index (κ3) is 6.57. The largest absolute Gasteiger partial charge is 0.486 e. The van der Waals surface area contributed by atoms with Crippen LogP contribution in [0, 0.1) is 5.41 Å². The van der Waals surface area contributed by atoms with Gasteiger partial charge >= 0.3 is 12.2 Å². The minimum absolute atomic E-state index is 0.00676. The fraction of sp³-hybridized carbons (Fsp3) is 0.407. The van der Waals surface area contributed by atoms with Crippen molar-refractivity contribution in [1.29, 1.82) is 0 Å². The first-order valence-corrected chi connectivity index (χ1v) is 15.0. The highest BCUT2D eigenvalue weighted by atomic mass is 35.5. The molecule has 1 aliphatic carbocycles. The summed E-state index contributed by atoms with van der Waals surface area (Å²) in [6, 6.07) is 10.9. The quantitative estimate of drug-likeness (QED) is 0.344. The van der Waals surface area contributed by atoms with E-state index in [2.05, 4.69) is 16.8 Å². The van der Waals surface area contributed by atoms with E-state index in [0.717, 1.165) is 12.8 Å². The Morgan fingerprint density at radius 1 is 1.12 bits per heavy atom. The molecule has 14 heteroatoms. The van der Waals surface area contributed by atoms with Crippen molar-refractivity contribution in [1.82, 2.24) is 14.1 Å². The van der Waals surface area contributed by atoms with E-state index in [1.54, 1.807) is 24.3 Å². The molecular weight excluding hydrogens is 580 g/mol. The molecule has 2 aromatic carbocycles. The lowest BCUT2D eigenvalue weighted by molar-refractivity contribution is -0.0503. The molecule has 0 amide bonds. The average Bonchev–Trinajstić information content (AvgIpc) is 3.66. The van der Waals surface area contributed by atoms with E-state index >= 15 is 0 Å². The van der Waals surface area contributed by atoms with Crippen LogP contribution in [0.25, 0.3) is 5.69 Å². The maximum Gasteiger partial charge on any atom is 0.387 e. The molecule has 1 aromatic heterocycles. The van der Waals surface area contributed by atoms with E-state index in [1.807, 2.05) is 4.90 Å². The van der Waals surface area contributed by atoms with E-state index in [4.69, 9.17) is 22.1 Å². The number of nitrogen functional groups attached to an aromatic ring is 1. The van der Waals surface area contributed by atoms with E-state index < -0.39 is 27.9 Å². The van der Waals surface area contributed by atoms with Gasteiger partial charge in [0.05, 0.1) is 24.2 Å². The molecule has 1 saturated heterocycles. The van der Waals surface area contributed by atoms with Crippen LogP contribution in [0.3, 0.4) is 0 Å². The van der Waals surface area contributed by atoms with Crippen molar-refractivity contribution in [3.8, 4) is 17.2 Å². The molecule has 0 atom stereocenters. The van der Waals surface area contributed by atoms with Gasteiger partial charge in [-0.25, -0.2) is 8.42 Å². The van der Waals surface area contributed by atoms with Crippen LogP contribution in [0.1, 0.15) is 25.3 Å². The number of ether oxygens (including phenoxy) is 2. The maximum atomic E-state index is 13.6. The second-order valence-corrected chi connectivity index (χ2v) is 12.9. The summed E-state index contributed by atoms with van der Waals surface area (Å²) in [6.45, 7) is 0.0151. The highest BCUT2D eigenvalue weighted by Crippen LogP contribution is 2.45. The van der Waals surface area contributed by atoms with Crippen LogP contribution in [0.5, 0.6) is 11.5 Å². The van der Waals surface area contributed by atoms with Crippen LogP contribution in [0.4, 0.5) is 20.2 Å². The number of halogens is 3. The van der Waals surface area contributed by atoms with Crippen molar-refractivity contribution >= 4 is 33.0 Å². The van der Waals surface area contributed by atoms with Gasteiger partial charge in [0.15, 0.2) is 0 Å². The zero-order valence-corrected chi connectivity index (χ0v) is 23.9. The lowest BCUT2D eigenvalue weighted by Crippen LogP contribution is -2.49. The first kappa shape index (κ1) is 29.1. The van der Waals surface area contributed by atoms with Gasteiger partial charge in [-0.2, -0.15) is 22.9 Å². The number of hydrogen-bond donors (Lipinski definition) is 1. The summed E-state index contributed by atoms with van der Waals surface area (Å²) < 4.78 is 65.4. The topological polar surface area (TPSA) is 120 Å². The maximum absolute atomic E-state index is 13.6. The Morgan fingerprint density at radius 2 is 1.83 bits per heavy atom. The molecule has 2 fully saturated rings. The second kappa shape index (κ2) is 11.5. The monoisotopic (exact) mass is 609 g/mol. The van der Waals surface area contributed by atoms with Crippen molar-refractivity contribution in [2.75, 3.05) is 43.4 Å². The van der Waals surface area contributed by atoms with Crippen LogP contribution in [-0.2, 0) is 15.8 Å². The third-order valence-corrected chi connectivity index (χ3v) is 9.36. The Bertz CT molecular complexity index is 1590. The Kier molecular flexibility index (Phi) is 8.13. The second-order valence-electron chi connectivity index (χ2n) is 10.5. The molecule has 2 aliphatic rings. The number of aromatic nitrogens is 2. The molecule has 0 spiro atoms. The van der Waals surface area contributed by atoms with E-state index in [1.165, 1.54) is 33.4 Å². The Morgan fingerprint density at radius 3 is 2.49 bits per heavy atom. The number of alkyl halides is 2. The standard InChI is InChI=1S/C27H30ClF2N5O5S/c1-27(8-9-27)17-39-24-22(15-32-35(25(24)36)19-5-2-4-18(28)14-19)33-10-12-34(13-11-33)41(37,38)16-20-21(31)6-3-7-23(20)40-26(29)30/h2-7,14-15,26H,8-13,16-17,31H2,1H3. The SMILES string of the molecule is CC1(COc2c(N3CCN(S(=O)(=O)Cc4c(N)cccc4OC(F)F)CC3)cnn(-c3cccc(Cl)c3)c2=O)CC1. The smallest absolute Gasteiger partial charge is 0.387 e. The number of anilines is 2. The van der Waals surface area contributed by atoms with E-state index in [9.17, 15) is 22.0 Å². The summed E-state index contributed by atoms with van der Waals surface area (Å²) in [7, 11) is -3.93. The molecule has 2 N–H and O–H groups in total. The fourth-order valence-corrected chi connectivity index (χ4v) is 6.37. The first-order valence-electron chi connectivity index (χ1n) is 13.0. The highest BCUT2D eigenvalue weighted by molar-refractivity contribution is 7.88. The zero-order chi connectivity index (χ0) is 29.4. The molecule has 220 valence electrons. The number of nitrogens with two attached hydrogens (primary N) is 1. The van der Waals surface area contributed by atoms with Gasteiger partial charge < -0.3 is 20.1 Å². The van der Waals surface area contributed by atoms with Crippen molar-refractivity contribution in [2.24, 2.45) is 5.41 Å². The molecule has 0 bridgehead atoms. The molecule has 41 heavy (non-hydrogen) atoms. The van der Waals surface area contributed by atoms with Gasteiger partial charge in [-0.3, -0.25) is 4.79 Å². The lowest BCUT2D eigenvalue weighted by Gasteiger charge is -2.36. The Labute approximate surface area is 241 Å². The van der Waals surface area contributed by atoms with Gasteiger partial charge in [-0.05, 0) is 43.2 Å². The molecule has 1 saturated carbocycles. The molecule has 0 unspecified atom stereocenters. The van der Waals surface area contributed by atoms with Gasteiger partial charge in [0.25, 0.3) is 0 Å². The van der Waals surface area contributed by atoms with Gasteiger partial charge in [0.1, 0.15) is 11.4 Å². The van der Waals surface area contributed by atoms with Gasteiger partial charge in [-0.15, -0.1) is 0 Å². The highest BCUT2D eigenvalue weighted by Gasteiger charge is 2.39. The summed E-state index contributed by atoms with van der Waals surface area (Å²) in [5, 5.41) is 4.81. The molecular formula is C27H30ClF2N5O5S. The van der Waals surface area contributed by atoms with Crippen LogP contribution in [-0.4, -0.2) is 61.9 Å². The fourth-order valence-electron chi connectivity index (χ4n) is 4.61. The molecule has 10 nitrogen and oxygen atoms in total. The minimum atomic E-state index is -3.93. The lowest BCUT2D eigenvalue weighted by atomic mass is 10.2. The van der Waals surface area contributed by atoms with Crippen molar-refractivity contribution in [2.45, 2.75) is 32.1 Å². The van der Waals surface area contributed by atoms with Crippen LogP contribution < -0.4 is 25.7 Å². The minimum Gasteiger partial charge on any atom is -0.486 e. The van der Waals surface area contributed by atoms with Gasteiger partial charge in [0, 0.05) is 47.9 Å². The molecule has 1 aliphatic heterocycles. The summed E-state index contributed by atoms with van der Waals surface area (Å²) >= 11 is 6.13. The predicted octanol–water partition coefficient (Wildman–Crippen LogP) is 3.90. The summed E-state index contributed by atoms with van der Waals surface area (Å²) in [5.41, 5.74) is 6.45. The predicted molar refractivity (Wildman–Crippen MR) is 152 cm³/mol. The molecule has 3 aromatic rings. The number of piperazine rings is 1. The summed E-state index contributed by atoms with van der Waals surface area (Å²) in [5.74, 6) is -0.735. The van der Waals surface area contributed by atoms with Gasteiger partial charge in [-0.1, -0.05) is 30.7 Å². The van der Waals surface area contributed by atoms with Crippen LogP contribution >= 0.6 is 11.6 Å². The zero-order valence-electron chi connectivity index (χ0n) is 22.3. The third-order valence-electron chi connectivity index (χ3n) is 7.32. The van der Waals surface area contributed by atoms with Crippen molar-refractivity contribution < 1.29 is 26.7 Å². The van der Waals surface area contributed by atoms with Gasteiger partial charge in [0.2, 0.25) is 15.8 Å². The Balaban J connectivity index is 1.36. The molecule has 2 heterocycles. The average molecular weight is 610 g/mol. The van der Waals surface area contributed by atoms with Crippen molar-refractivity contribution in [3.63, 3.8) is 0 Å². The summed E-state index contributed by atoms with van der Waals surface area (Å²) in [4.78, 5) is 15.4. The normalized spacial score (nSPS) is 17.0. The van der Waals surface area contributed by atoms with Crippen LogP contribution in [0.15, 0.2) is 53.5 Å². The summed E-state index contributed by atoms with van der Waals surface area (Å²) in [6.07, 6.45) is 3.54. The van der Waals surface area contributed by atoms with E-state index in [-0.39, 0.29) is 54.3 Å². The number of hydrogen-bond acceptors (Lipinski definition) is 8. The van der Waals surface area contributed by atoms with Crippen molar-refractivity contribution in [3.05, 3.63) is 69.6 Å². The number of rotatable bonds is 10. The molecule has 0 radical (unpaired) electrons. The van der Waals surface area contributed by atoms with E-state index in [0.29, 0.717) is 23.0 Å². The first-order chi connectivity index (χ1) is 19.5. The number of sulfonamides is 1. The molecule has 5 rings (SSSR count). The van der Waals surface area contributed by atoms with Crippen LogP contribution in [0.2, 0.25) is 5.02 Å². The number of nitrogens with zero attached hydrogens (tertiary/aromatic N) is 4. The number of benzene rings is 2. The Hall–Kier alpha value is -3.42.